The lowest BCUT2D eigenvalue weighted by Gasteiger charge is -2.11. The number of halogens is 2. The first-order chi connectivity index (χ1) is 10.7. The molecular formula is C16H22FIN4S. The van der Waals surface area contributed by atoms with Gasteiger partial charge in [0.15, 0.2) is 5.96 Å². The summed E-state index contributed by atoms with van der Waals surface area (Å²) < 4.78 is 12.9. The number of benzene rings is 1. The molecule has 0 unspecified atom stereocenters. The van der Waals surface area contributed by atoms with E-state index in [-0.39, 0.29) is 29.8 Å². The third-order valence-corrected chi connectivity index (χ3v) is 3.90. The van der Waals surface area contributed by atoms with Crippen molar-refractivity contribution < 1.29 is 4.39 Å². The molecule has 0 fully saturated rings. The molecule has 4 nitrogen and oxygen atoms in total. The van der Waals surface area contributed by atoms with Crippen molar-refractivity contribution in [3.63, 3.8) is 0 Å². The fourth-order valence-electron chi connectivity index (χ4n) is 1.94. The van der Waals surface area contributed by atoms with Crippen molar-refractivity contribution in [2.24, 2.45) is 4.99 Å². The van der Waals surface area contributed by atoms with Crippen molar-refractivity contribution in [3.8, 4) is 0 Å². The van der Waals surface area contributed by atoms with Gasteiger partial charge in [0.2, 0.25) is 0 Å². The maximum absolute atomic E-state index is 12.9. The number of hydrogen-bond donors (Lipinski definition) is 2. The topological polar surface area (TPSA) is 49.3 Å². The van der Waals surface area contributed by atoms with E-state index < -0.39 is 0 Å². The zero-order valence-corrected chi connectivity index (χ0v) is 16.5. The van der Waals surface area contributed by atoms with Crippen LogP contribution in [-0.2, 0) is 13.0 Å². The van der Waals surface area contributed by atoms with Crippen LogP contribution in [-0.4, -0.2) is 24.0 Å². The van der Waals surface area contributed by atoms with Gasteiger partial charge in [-0.15, -0.1) is 35.3 Å². The van der Waals surface area contributed by atoms with Crippen LogP contribution in [0.4, 0.5) is 4.39 Å². The number of hydrogen-bond acceptors (Lipinski definition) is 3. The fraction of sp³-hybridized carbons (Fsp3) is 0.375. The number of aryl methyl sites for hydroxylation is 1. The summed E-state index contributed by atoms with van der Waals surface area (Å²) in [5.74, 6) is 0.572. The molecular weight excluding hydrogens is 426 g/mol. The maximum Gasteiger partial charge on any atom is 0.191 e. The van der Waals surface area contributed by atoms with Crippen molar-refractivity contribution in [2.75, 3.05) is 13.1 Å². The van der Waals surface area contributed by atoms with Crippen molar-refractivity contribution in [1.29, 1.82) is 0 Å². The lowest BCUT2D eigenvalue weighted by atomic mass is 10.1. The van der Waals surface area contributed by atoms with Crippen LogP contribution >= 0.6 is 35.3 Å². The van der Waals surface area contributed by atoms with Gasteiger partial charge in [-0.3, -0.25) is 0 Å². The minimum absolute atomic E-state index is 0. The number of guanidine groups is 1. The Kier molecular flexibility index (Phi) is 9.08. The van der Waals surface area contributed by atoms with E-state index in [1.807, 2.05) is 20.0 Å². The highest BCUT2D eigenvalue weighted by Gasteiger charge is 2.01. The molecule has 2 aromatic rings. The molecule has 2 rings (SSSR count). The Bertz CT molecular complexity index is 613. The summed E-state index contributed by atoms with van der Waals surface area (Å²) in [7, 11) is 0. The fourth-order valence-corrected chi connectivity index (χ4v) is 2.65. The maximum atomic E-state index is 12.9. The molecule has 7 heteroatoms. The van der Waals surface area contributed by atoms with Gasteiger partial charge >= 0.3 is 0 Å². The summed E-state index contributed by atoms with van der Waals surface area (Å²) in [6.45, 7) is 6.19. The van der Waals surface area contributed by atoms with Crippen LogP contribution in [0.1, 0.15) is 22.4 Å². The van der Waals surface area contributed by atoms with Crippen molar-refractivity contribution in [2.45, 2.75) is 26.8 Å². The Labute approximate surface area is 157 Å². The molecule has 0 aliphatic heterocycles. The van der Waals surface area contributed by atoms with E-state index in [0.717, 1.165) is 36.0 Å². The Morgan fingerprint density at radius 3 is 2.61 bits per heavy atom. The third-order valence-electron chi connectivity index (χ3n) is 3.01. The van der Waals surface area contributed by atoms with E-state index in [9.17, 15) is 4.39 Å². The number of aromatic nitrogens is 1. The molecule has 0 atom stereocenters. The zero-order valence-electron chi connectivity index (χ0n) is 13.3. The first kappa shape index (κ1) is 19.8. The third kappa shape index (κ3) is 7.26. The summed E-state index contributed by atoms with van der Waals surface area (Å²) in [4.78, 5) is 10.0. The number of nitrogens with one attached hydrogen (secondary N) is 2. The van der Waals surface area contributed by atoms with Gasteiger partial charge in [0, 0.05) is 24.2 Å². The molecule has 0 spiro atoms. The minimum Gasteiger partial charge on any atom is -0.357 e. The number of rotatable bonds is 6. The van der Waals surface area contributed by atoms with Crippen molar-refractivity contribution in [1.82, 2.24) is 15.6 Å². The average molecular weight is 448 g/mol. The first-order valence-corrected chi connectivity index (χ1v) is 8.17. The van der Waals surface area contributed by atoms with Gasteiger partial charge in [-0.25, -0.2) is 14.4 Å². The van der Waals surface area contributed by atoms with Gasteiger partial charge < -0.3 is 10.6 Å². The minimum atomic E-state index is -0.203. The van der Waals surface area contributed by atoms with E-state index in [0.29, 0.717) is 6.54 Å². The second kappa shape index (κ2) is 10.5. The second-order valence-corrected chi connectivity index (χ2v) is 6.18. The average Bonchev–Trinajstić information content (AvgIpc) is 2.92. The van der Waals surface area contributed by atoms with Crippen LogP contribution in [0.5, 0.6) is 0 Å². The van der Waals surface area contributed by atoms with E-state index in [2.05, 4.69) is 20.6 Å². The van der Waals surface area contributed by atoms with Gasteiger partial charge in [-0.2, -0.15) is 0 Å². The van der Waals surface area contributed by atoms with Crippen molar-refractivity contribution in [3.05, 3.63) is 51.7 Å². The quantitative estimate of drug-likeness (QED) is 0.404. The van der Waals surface area contributed by atoms with E-state index in [1.165, 1.54) is 17.0 Å². The normalized spacial score (nSPS) is 11.0. The predicted octanol–water partition coefficient (Wildman–Crippen LogP) is 3.51. The largest absolute Gasteiger partial charge is 0.357 e. The summed E-state index contributed by atoms with van der Waals surface area (Å²) in [6.07, 6.45) is 2.69. The summed E-state index contributed by atoms with van der Waals surface area (Å²) in [5, 5.41) is 7.50. The molecule has 0 aliphatic carbocycles. The standard InChI is InChI=1S/C16H21FN4S.HI/c1-3-18-16(21-11-15-20-10-12(2)22-15)19-9-8-13-4-6-14(17)7-5-13;/h4-7,10H,3,8-9,11H2,1-2H3,(H2,18,19,21);1H. The molecule has 0 bridgehead atoms. The summed E-state index contributed by atoms with van der Waals surface area (Å²) >= 11 is 1.66. The van der Waals surface area contributed by atoms with Crippen LogP contribution in [0, 0.1) is 12.7 Å². The molecule has 1 heterocycles. The molecule has 126 valence electrons. The highest BCUT2D eigenvalue weighted by Crippen LogP contribution is 2.11. The van der Waals surface area contributed by atoms with E-state index >= 15 is 0 Å². The van der Waals surface area contributed by atoms with Crippen molar-refractivity contribution >= 4 is 41.3 Å². The van der Waals surface area contributed by atoms with Crippen LogP contribution in [0.3, 0.4) is 0 Å². The van der Waals surface area contributed by atoms with Crippen LogP contribution in [0.15, 0.2) is 35.5 Å². The summed E-state index contributed by atoms with van der Waals surface area (Å²) in [5.41, 5.74) is 1.10. The molecule has 2 N–H and O–H groups in total. The number of nitrogens with zero attached hydrogens (tertiary/aromatic N) is 2. The van der Waals surface area contributed by atoms with Crippen LogP contribution in [0.25, 0.3) is 0 Å². The molecule has 23 heavy (non-hydrogen) atoms. The number of thiazole rings is 1. The van der Waals surface area contributed by atoms with Gasteiger partial charge in [0.05, 0.1) is 6.54 Å². The monoisotopic (exact) mass is 448 g/mol. The molecule has 0 aliphatic rings. The van der Waals surface area contributed by atoms with Crippen LogP contribution in [0.2, 0.25) is 0 Å². The Morgan fingerprint density at radius 1 is 1.26 bits per heavy atom. The Hall–Kier alpha value is -1.22. The molecule has 0 saturated heterocycles. The first-order valence-electron chi connectivity index (χ1n) is 7.35. The van der Waals surface area contributed by atoms with E-state index in [4.69, 9.17) is 0 Å². The highest BCUT2D eigenvalue weighted by molar-refractivity contribution is 14.0. The van der Waals surface area contributed by atoms with Gasteiger partial charge in [0.1, 0.15) is 10.8 Å². The lowest BCUT2D eigenvalue weighted by molar-refractivity contribution is 0.626. The Balaban J connectivity index is 0.00000264. The van der Waals surface area contributed by atoms with E-state index in [1.54, 1.807) is 23.5 Å². The highest BCUT2D eigenvalue weighted by atomic mass is 127. The molecule has 0 amide bonds. The predicted molar refractivity (Wildman–Crippen MR) is 105 cm³/mol. The van der Waals surface area contributed by atoms with Gasteiger partial charge in [-0.1, -0.05) is 12.1 Å². The lowest BCUT2D eigenvalue weighted by Crippen LogP contribution is -2.38. The zero-order chi connectivity index (χ0) is 15.8. The molecule has 0 saturated carbocycles. The van der Waals surface area contributed by atoms with Gasteiger partial charge in [-0.05, 0) is 38.0 Å². The Morgan fingerprint density at radius 2 is 2.00 bits per heavy atom. The molecule has 0 radical (unpaired) electrons. The van der Waals surface area contributed by atoms with Gasteiger partial charge in [0.25, 0.3) is 0 Å². The molecule has 1 aromatic heterocycles. The molecule has 1 aromatic carbocycles. The van der Waals surface area contributed by atoms with Crippen LogP contribution < -0.4 is 10.6 Å². The number of aliphatic imine (C=N–C) groups is 1. The smallest absolute Gasteiger partial charge is 0.191 e. The second-order valence-electron chi connectivity index (χ2n) is 4.86. The SMILES string of the molecule is CCNC(=NCc1ncc(C)s1)NCCc1ccc(F)cc1.I. The summed E-state index contributed by atoms with van der Waals surface area (Å²) in [6, 6.07) is 6.58.